The quantitative estimate of drug-likeness (QED) is 0.838. The van der Waals surface area contributed by atoms with Crippen molar-refractivity contribution in [3.05, 3.63) is 0 Å². The van der Waals surface area contributed by atoms with Crippen LogP contribution >= 0.6 is 0 Å². The number of ether oxygens (including phenoxy) is 1. The molecule has 2 heterocycles. The number of nitrogens with zero attached hydrogens (tertiary/aromatic N) is 3. The molecule has 19 heavy (non-hydrogen) atoms. The van der Waals surface area contributed by atoms with Gasteiger partial charge in [-0.25, -0.2) is 9.82 Å². The Labute approximate surface area is 112 Å². The number of anilines is 1. The van der Waals surface area contributed by atoms with E-state index in [2.05, 4.69) is 33.8 Å². The summed E-state index contributed by atoms with van der Waals surface area (Å²) >= 11 is 0. The molecule has 0 amide bonds. The molecule has 1 fully saturated rings. The van der Waals surface area contributed by atoms with Crippen molar-refractivity contribution < 1.29 is 13.2 Å². The van der Waals surface area contributed by atoms with Crippen LogP contribution in [-0.4, -0.2) is 48.1 Å². The zero-order valence-electron chi connectivity index (χ0n) is 11.3. The molecular weight excluding hydrogens is 270 g/mol. The molecule has 2 N–H and O–H groups in total. The van der Waals surface area contributed by atoms with Crippen molar-refractivity contribution >= 4 is 16.2 Å². The van der Waals surface area contributed by atoms with Gasteiger partial charge >= 0.3 is 16.2 Å². The lowest BCUT2D eigenvalue weighted by Crippen LogP contribution is -2.45. The van der Waals surface area contributed by atoms with Crippen LogP contribution in [0.25, 0.3) is 0 Å². The lowest BCUT2D eigenvalue weighted by Gasteiger charge is -2.33. The van der Waals surface area contributed by atoms with Crippen molar-refractivity contribution in [2.45, 2.75) is 20.3 Å². The fraction of sp³-hybridized carbons (Fsp3) is 0.800. The lowest BCUT2D eigenvalue weighted by atomic mass is 9.94. The van der Waals surface area contributed by atoms with Gasteiger partial charge in [0, 0.05) is 13.1 Å². The van der Waals surface area contributed by atoms with E-state index in [1.54, 1.807) is 0 Å². The minimum absolute atomic E-state index is 0.0581. The smallest absolute Gasteiger partial charge is 0.336 e. The molecule has 1 saturated heterocycles. The number of H-pyrrole nitrogens is 1. The number of aromatic nitrogens is 3. The Balaban J connectivity index is 2.09. The Morgan fingerprint density at radius 3 is 2.53 bits per heavy atom. The monoisotopic (exact) mass is 289 g/mol. The molecule has 0 aliphatic carbocycles. The van der Waals surface area contributed by atoms with Gasteiger partial charge in [-0.15, -0.1) is 5.10 Å². The summed E-state index contributed by atoms with van der Waals surface area (Å²) in [7, 11) is -2.19. The number of methoxy groups -OCH3 is 1. The first kappa shape index (κ1) is 14.1. The minimum atomic E-state index is -3.60. The first-order chi connectivity index (χ1) is 8.90. The number of aromatic amines is 1. The molecule has 0 radical (unpaired) electrons. The van der Waals surface area contributed by atoms with Crippen molar-refractivity contribution in [2.24, 2.45) is 11.8 Å². The molecule has 0 spiro atoms. The maximum Gasteiger partial charge on any atom is 0.336 e. The van der Waals surface area contributed by atoms with Crippen molar-refractivity contribution in [3.63, 3.8) is 0 Å². The summed E-state index contributed by atoms with van der Waals surface area (Å²) in [6, 6.07) is 0.0954. The topological polar surface area (TPSA) is 100 Å². The molecule has 0 bridgehead atoms. The van der Waals surface area contributed by atoms with Crippen LogP contribution in [0.2, 0.25) is 0 Å². The summed E-state index contributed by atoms with van der Waals surface area (Å²) in [4.78, 5) is 3.84. The standard InChI is InChI=1S/C10H19N5O3S/c1-7-4-8(2)6-15(5-7)19(16,17)14-9-11-10(18-3)13-12-9/h7-8H,4-6H2,1-3H3,(H2,11,12,13,14). The van der Waals surface area contributed by atoms with E-state index in [9.17, 15) is 8.42 Å². The predicted octanol–water partition coefficient (Wildman–Crippen LogP) is 0.448. The van der Waals surface area contributed by atoms with Crippen LogP contribution in [0.4, 0.5) is 5.95 Å². The Bertz CT molecular complexity index is 519. The third kappa shape index (κ3) is 3.35. The molecule has 2 rings (SSSR count). The maximum absolute atomic E-state index is 12.2. The van der Waals surface area contributed by atoms with Crippen LogP contribution < -0.4 is 9.46 Å². The molecule has 9 heteroatoms. The Morgan fingerprint density at radius 2 is 2.00 bits per heavy atom. The van der Waals surface area contributed by atoms with Gasteiger partial charge in [0.1, 0.15) is 0 Å². The Kier molecular flexibility index (Phi) is 3.95. The third-order valence-corrected chi connectivity index (χ3v) is 4.48. The van der Waals surface area contributed by atoms with Gasteiger partial charge in [-0.2, -0.15) is 17.7 Å². The van der Waals surface area contributed by atoms with Gasteiger partial charge in [0.05, 0.1) is 7.11 Å². The summed E-state index contributed by atoms with van der Waals surface area (Å²) in [5.74, 6) is 0.761. The van der Waals surface area contributed by atoms with Gasteiger partial charge in [0.15, 0.2) is 0 Å². The van der Waals surface area contributed by atoms with Crippen LogP contribution in [0.3, 0.4) is 0 Å². The molecule has 2 atom stereocenters. The molecule has 1 aromatic heterocycles. The number of nitrogens with one attached hydrogen (secondary N) is 2. The predicted molar refractivity (Wildman–Crippen MR) is 70.0 cm³/mol. The van der Waals surface area contributed by atoms with Crippen LogP contribution in [0.15, 0.2) is 0 Å². The average Bonchev–Trinajstić information content (AvgIpc) is 2.74. The molecule has 8 nitrogen and oxygen atoms in total. The van der Waals surface area contributed by atoms with Gasteiger partial charge in [-0.05, 0) is 18.3 Å². The third-order valence-electron chi connectivity index (χ3n) is 3.05. The second-order valence-corrected chi connectivity index (χ2v) is 6.71. The highest BCUT2D eigenvalue weighted by atomic mass is 32.2. The van der Waals surface area contributed by atoms with Crippen molar-refractivity contribution in [1.29, 1.82) is 0 Å². The SMILES string of the molecule is COc1n[nH]c(NS(=O)(=O)N2CC(C)CC(C)C2)n1. The van der Waals surface area contributed by atoms with E-state index in [-0.39, 0.29) is 12.0 Å². The van der Waals surface area contributed by atoms with Crippen molar-refractivity contribution in [3.8, 4) is 6.01 Å². The zero-order chi connectivity index (χ0) is 14.0. The van der Waals surface area contributed by atoms with E-state index < -0.39 is 10.2 Å². The Morgan fingerprint density at radius 1 is 1.37 bits per heavy atom. The number of piperidine rings is 1. The molecule has 1 aliphatic heterocycles. The van der Waals surface area contributed by atoms with Crippen molar-refractivity contribution in [1.82, 2.24) is 19.5 Å². The molecule has 1 aromatic rings. The normalized spacial score (nSPS) is 25.2. The number of hydrogen-bond donors (Lipinski definition) is 2. The van der Waals surface area contributed by atoms with Crippen molar-refractivity contribution in [2.75, 3.05) is 24.9 Å². The lowest BCUT2D eigenvalue weighted by molar-refractivity contribution is 0.223. The number of hydrogen-bond acceptors (Lipinski definition) is 5. The summed E-state index contributed by atoms with van der Waals surface area (Å²) in [6.45, 7) is 5.14. The van der Waals surface area contributed by atoms with E-state index >= 15 is 0 Å². The van der Waals surface area contributed by atoms with Gasteiger partial charge in [-0.1, -0.05) is 13.8 Å². The van der Waals surface area contributed by atoms with Crippen LogP contribution in [0, 0.1) is 11.8 Å². The molecule has 2 unspecified atom stereocenters. The number of rotatable bonds is 4. The fourth-order valence-corrected chi connectivity index (χ4v) is 3.74. The largest absolute Gasteiger partial charge is 0.466 e. The molecule has 0 aromatic carbocycles. The first-order valence-electron chi connectivity index (χ1n) is 6.15. The maximum atomic E-state index is 12.2. The van der Waals surface area contributed by atoms with E-state index in [1.165, 1.54) is 11.4 Å². The fourth-order valence-electron chi connectivity index (χ4n) is 2.37. The molecular formula is C10H19N5O3S. The van der Waals surface area contributed by atoms with E-state index in [1.807, 2.05) is 0 Å². The van der Waals surface area contributed by atoms with Gasteiger partial charge < -0.3 is 4.74 Å². The zero-order valence-corrected chi connectivity index (χ0v) is 12.1. The van der Waals surface area contributed by atoms with E-state index in [0.29, 0.717) is 24.9 Å². The average molecular weight is 289 g/mol. The summed E-state index contributed by atoms with van der Waals surface area (Å²) < 4.78 is 33.1. The summed E-state index contributed by atoms with van der Waals surface area (Å²) in [5.41, 5.74) is 0. The minimum Gasteiger partial charge on any atom is -0.466 e. The van der Waals surface area contributed by atoms with E-state index in [4.69, 9.17) is 4.74 Å². The van der Waals surface area contributed by atoms with Gasteiger partial charge in [0.2, 0.25) is 5.95 Å². The summed E-state index contributed by atoms with van der Waals surface area (Å²) in [5, 5.41) is 6.16. The molecule has 1 aliphatic rings. The second-order valence-electron chi connectivity index (χ2n) is 5.04. The molecule has 0 saturated carbocycles. The van der Waals surface area contributed by atoms with Gasteiger partial charge in [0.25, 0.3) is 0 Å². The van der Waals surface area contributed by atoms with E-state index in [0.717, 1.165) is 6.42 Å². The van der Waals surface area contributed by atoms with Crippen LogP contribution in [0.5, 0.6) is 6.01 Å². The summed E-state index contributed by atoms with van der Waals surface area (Å²) in [6.07, 6.45) is 1.04. The highest BCUT2D eigenvalue weighted by molar-refractivity contribution is 7.90. The molecule has 108 valence electrons. The van der Waals surface area contributed by atoms with Crippen LogP contribution in [0.1, 0.15) is 20.3 Å². The Hall–Kier alpha value is -1.35. The van der Waals surface area contributed by atoms with Crippen LogP contribution in [-0.2, 0) is 10.2 Å². The highest BCUT2D eigenvalue weighted by Gasteiger charge is 2.31. The first-order valence-corrected chi connectivity index (χ1v) is 7.59. The second kappa shape index (κ2) is 5.33. The highest BCUT2D eigenvalue weighted by Crippen LogP contribution is 2.23. The van der Waals surface area contributed by atoms with Gasteiger partial charge in [-0.3, -0.25) is 0 Å².